The van der Waals surface area contributed by atoms with Gasteiger partial charge in [-0.3, -0.25) is 4.31 Å². The lowest BCUT2D eigenvalue weighted by Crippen LogP contribution is -2.44. The molecule has 1 N–H and O–H groups in total. The summed E-state index contributed by atoms with van der Waals surface area (Å²) in [6.45, 7) is 0.601. The van der Waals surface area contributed by atoms with E-state index in [0.29, 0.717) is 12.3 Å². The Balaban J connectivity index is 2.04. The van der Waals surface area contributed by atoms with E-state index in [9.17, 15) is 4.79 Å². The maximum atomic E-state index is 12.2. The lowest BCUT2D eigenvalue weighted by Gasteiger charge is -2.34. The molecule has 0 spiro atoms. The van der Waals surface area contributed by atoms with E-state index in [2.05, 4.69) is 22.8 Å². The zero-order chi connectivity index (χ0) is 13.4. The van der Waals surface area contributed by atoms with Crippen LogP contribution in [0.15, 0.2) is 29.1 Å². The van der Waals surface area contributed by atoms with Crippen LogP contribution in [0.1, 0.15) is 23.2 Å². The van der Waals surface area contributed by atoms with Crippen molar-refractivity contribution in [3.8, 4) is 0 Å². The molecule has 1 aliphatic heterocycles. The van der Waals surface area contributed by atoms with Gasteiger partial charge in [-0.25, -0.2) is 9.78 Å². The first-order chi connectivity index (χ1) is 9.18. The number of imidazole rings is 1. The third-order valence-electron chi connectivity index (χ3n) is 3.26. The third-order valence-corrected chi connectivity index (χ3v) is 3.43. The fourth-order valence-corrected chi connectivity index (χ4v) is 2.52. The van der Waals surface area contributed by atoms with Gasteiger partial charge in [0.15, 0.2) is 0 Å². The zero-order valence-electron chi connectivity index (χ0n) is 10.4. The summed E-state index contributed by atoms with van der Waals surface area (Å²) < 4.78 is 6.74. The Morgan fingerprint density at radius 3 is 3.21 bits per heavy atom. The number of H-pyrrole nitrogens is 1. The summed E-state index contributed by atoms with van der Waals surface area (Å²) in [6.07, 6.45) is 4.00. The van der Waals surface area contributed by atoms with Gasteiger partial charge in [-0.1, -0.05) is 12.8 Å². The van der Waals surface area contributed by atoms with E-state index in [1.165, 1.54) is 4.31 Å². The summed E-state index contributed by atoms with van der Waals surface area (Å²) in [5.74, 6) is 0.705. The molecule has 2 aromatic heterocycles. The van der Waals surface area contributed by atoms with Crippen LogP contribution >= 0.6 is 12.8 Å². The second-order valence-corrected chi connectivity index (χ2v) is 5.03. The van der Waals surface area contributed by atoms with Crippen LogP contribution in [0.25, 0.3) is 0 Å². The number of thiol groups is 1. The summed E-state index contributed by atoms with van der Waals surface area (Å²) in [5, 5.41) is 0. The molecule has 19 heavy (non-hydrogen) atoms. The Morgan fingerprint density at radius 2 is 2.53 bits per heavy atom. The van der Waals surface area contributed by atoms with E-state index in [-0.39, 0.29) is 12.1 Å². The van der Waals surface area contributed by atoms with Crippen LogP contribution in [0.3, 0.4) is 0 Å². The SMILES string of the molecule is CN(S)C(=O)N1CCc2[nH]cnc2C1c1ccco1. The Hall–Kier alpha value is -1.89. The average molecular weight is 278 g/mol. The number of hydrogen-bond acceptors (Lipinski definition) is 4. The number of aromatic nitrogens is 2. The number of amides is 2. The lowest BCUT2D eigenvalue weighted by molar-refractivity contribution is 0.159. The minimum Gasteiger partial charge on any atom is -0.467 e. The van der Waals surface area contributed by atoms with Crippen molar-refractivity contribution in [3.63, 3.8) is 0 Å². The van der Waals surface area contributed by atoms with Crippen molar-refractivity contribution in [2.75, 3.05) is 13.6 Å². The van der Waals surface area contributed by atoms with Gasteiger partial charge in [0.2, 0.25) is 0 Å². The third kappa shape index (κ3) is 1.99. The molecule has 6 nitrogen and oxygen atoms in total. The van der Waals surface area contributed by atoms with Crippen LogP contribution in [-0.2, 0) is 6.42 Å². The van der Waals surface area contributed by atoms with Gasteiger partial charge >= 0.3 is 6.03 Å². The number of nitrogens with zero attached hydrogens (tertiary/aromatic N) is 3. The standard InChI is InChI=1S/C12H14N4O2S/c1-15(19)12(17)16-5-4-8-10(14-7-13-8)11(16)9-3-2-6-18-9/h2-3,6-7,11,19H,4-5H2,1H3,(H,13,14). The minimum atomic E-state index is -0.299. The number of fused-ring (bicyclic) bond motifs is 1. The van der Waals surface area contributed by atoms with E-state index in [1.54, 1.807) is 24.5 Å². The molecule has 1 unspecified atom stereocenters. The predicted molar refractivity (Wildman–Crippen MR) is 71.7 cm³/mol. The number of nitrogens with one attached hydrogen (secondary N) is 1. The summed E-state index contributed by atoms with van der Waals surface area (Å²) >= 11 is 4.08. The monoisotopic (exact) mass is 278 g/mol. The summed E-state index contributed by atoms with van der Waals surface area (Å²) in [6, 6.07) is 3.20. The molecule has 100 valence electrons. The first-order valence-corrected chi connectivity index (χ1v) is 6.37. The van der Waals surface area contributed by atoms with Gasteiger partial charge in [-0.05, 0) is 12.1 Å². The number of urea groups is 1. The van der Waals surface area contributed by atoms with Gasteiger partial charge in [0.1, 0.15) is 11.8 Å². The highest BCUT2D eigenvalue weighted by atomic mass is 32.1. The lowest BCUT2D eigenvalue weighted by atomic mass is 10.0. The van der Waals surface area contributed by atoms with Crippen molar-refractivity contribution in [1.82, 2.24) is 19.2 Å². The number of rotatable bonds is 1. The van der Waals surface area contributed by atoms with E-state index in [1.807, 2.05) is 12.1 Å². The fourth-order valence-electron chi connectivity index (χ4n) is 2.40. The topological polar surface area (TPSA) is 65.4 Å². The highest BCUT2D eigenvalue weighted by Gasteiger charge is 2.36. The molecule has 2 aromatic rings. The van der Waals surface area contributed by atoms with Gasteiger partial charge in [-0.15, -0.1) is 0 Å². The van der Waals surface area contributed by atoms with Gasteiger partial charge in [-0.2, -0.15) is 0 Å². The summed E-state index contributed by atoms with van der Waals surface area (Å²) in [5.41, 5.74) is 1.89. The summed E-state index contributed by atoms with van der Waals surface area (Å²) in [7, 11) is 1.62. The van der Waals surface area contributed by atoms with E-state index >= 15 is 0 Å². The molecule has 0 saturated carbocycles. The van der Waals surface area contributed by atoms with E-state index in [4.69, 9.17) is 4.42 Å². The quantitative estimate of drug-likeness (QED) is 0.782. The summed E-state index contributed by atoms with van der Waals surface area (Å²) in [4.78, 5) is 21.4. The molecule has 0 aliphatic carbocycles. The molecule has 2 amide bonds. The Morgan fingerprint density at radius 1 is 1.68 bits per heavy atom. The van der Waals surface area contributed by atoms with Crippen molar-refractivity contribution in [2.45, 2.75) is 12.5 Å². The molecule has 1 atom stereocenters. The Kier molecular flexibility index (Phi) is 2.98. The maximum Gasteiger partial charge on any atom is 0.330 e. The fraction of sp³-hybridized carbons (Fsp3) is 0.333. The van der Waals surface area contributed by atoms with Crippen molar-refractivity contribution in [1.29, 1.82) is 0 Å². The molecule has 3 heterocycles. The van der Waals surface area contributed by atoms with Gasteiger partial charge in [0, 0.05) is 25.7 Å². The number of aromatic amines is 1. The van der Waals surface area contributed by atoms with Crippen LogP contribution in [0.4, 0.5) is 4.79 Å². The maximum absolute atomic E-state index is 12.2. The minimum absolute atomic E-state index is 0.168. The van der Waals surface area contributed by atoms with Crippen LogP contribution < -0.4 is 0 Å². The smallest absolute Gasteiger partial charge is 0.330 e. The number of furan rings is 1. The number of carbonyl (C=O) groups excluding carboxylic acids is 1. The second kappa shape index (κ2) is 4.65. The van der Waals surface area contributed by atoms with Gasteiger partial charge in [0.25, 0.3) is 0 Å². The van der Waals surface area contributed by atoms with Crippen molar-refractivity contribution >= 4 is 18.8 Å². The van der Waals surface area contributed by atoms with Gasteiger partial charge < -0.3 is 14.3 Å². The largest absolute Gasteiger partial charge is 0.467 e. The molecular formula is C12H14N4O2S. The first kappa shape index (κ1) is 12.2. The average Bonchev–Trinajstić information content (AvgIpc) is 3.07. The van der Waals surface area contributed by atoms with Crippen molar-refractivity contribution in [2.24, 2.45) is 0 Å². The van der Waals surface area contributed by atoms with E-state index in [0.717, 1.165) is 17.8 Å². The predicted octanol–water partition coefficient (Wildman–Crippen LogP) is 1.85. The molecular weight excluding hydrogens is 264 g/mol. The number of hydrogen-bond donors (Lipinski definition) is 2. The molecule has 0 fully saturated rings. The Bertz CT molecular complexity index is 578. The van der Waals surface area contributed by atoms with Crippen LogP contribution in [0.5, 0.6) is 0 Å². The zero-order valence-corrected chi connectivity index (χ0v) is 11.3. The van der Waals surface area contributed by atoms with Crippen molar-refractivity contribution in [3.05, 3.63) is 41.9 Å². The molecule has 0 saturated heterocycles. The Labute approximate surface area is 116 Å². The molecule has 0 radical (unpaired) electrons. The second-order valence-electron chi connectivity index (χ2n) is 4.43. The molecule has 7 heteroatoms. The first-order valence-electron chi connectivity index (χ1n) is 5.97. The van der Waals surface area contributed by atoms with Gasteiger partial charge in [0.05, 0.1) is 18.3 Å². The van der Waals surface area contributed by atoms with Crippen LogP contribution in [0, 0.1) is 0 Å². The van der Waals surface area contributed by atoms with Crippen LogP contribution in [-0.4, -0.2) is 38.8 Å². The normalized spacial score (nSPS) is 18.2. The number of carbonyl (C=O) groups is 1. The highest BCUT2D eigenvalue weighted by molar-refractivity contribution is 7.78. The molecule has 1 aliphatic rings. The molecule has 0 bridgehead atoms. The van der Waals surface area contributed by atoms with E-state index < -0.39 is 0 Å². The van der Waals surface area contributed by atoms with Crippen LogP contribution in [0.2, 0.25) is 0 Å². The highest BCUT2D eigenvalue weighted by Crippen LogP contribution is 2.34. The van der Waals surface area contributed by atoms with Crippen molar-refractivity contribution < 1.29 is 9.21 Å². The molecule has 3 rings (SSSR count). The molecule has 0 aromatic carbocycles.